The lowest BCUT2D eigenvalue weighted by Crippen LogP contribution is -2.34. The van der Waals surface area contributed by atoms with Crippen LogP contribution in [-0.4, -0.2) is 48.9 Å². The average molecular weight is 422 g/mol. The molecule has 0 amide bonds. The summed E-state index contributed by atoms with van der Waals surface area (Å²) >= 11 is 0. The van der Waals surface area contributed by atoms with Crippen molar-refractivity contribution in [2.45, 2.75) is 18.9 Å². The van der Waals surface area contributed by atoms with Crippen LogP contribution in [0.4, 0.5) is 5.95 Å². The van der Waals surface area contributed by atoms with Gasteiger partial charge in [0.15, 0.2) is 5.65 Å². The lowest BCUT2D eigenvalue weighted by atomic mass is 9.98. The van der Waals surface area contributed by atoms with Crippen LogP contribution in [0.2, 0.25) is 0 Å². The molecule has 0 bridgehead atoms. The Balaban J connectivity index is 1.65. The Morgan fingerprint density at radius 1 is 0.969 bits per heavy atom. The summed E-state index contributed by atoms with van der Waals surface area (Å²) in [6.45, 7) is 0.924. The summed E-state index contributed by atoms with van der Waals surface area (Å²) in [6.07, 6.45) is 7.08. The number of aromatic nitrogens is 5. The Hall–Kier alpha value is -3.84. The maximum atomic E-state index is 9.92. The summed E-state index contributed by atoms with van der Waals surface area (Å²) in [5.74, 6) is 0.713. The average Bonchev–Trinajstić information content (AvgIpc) is 3.53. The molecule has 1 aliphatic heterocycles. The van der Waals surface area contributed by atoms with Gasteiger partial charge in [-0.1, -0.05) is 36.4 Å². The molecule has 7 nitrogen and oxygen atoms in total. The molecule has 158 valence electrons. The van der Waals surface area contributed by atoms with Gasteiger partial charge in [0.25, 0.3) is 0 Å². The number of hydrogen-bond acceptors (Lipinski definition) is 6. The van der Waals surface area contributed by atoms with Crippen LogP contribution in [0.5, 0.6) is 0 Å². The second kappa shape index (κ2) is 7.69. The molecule has 32 heavy (non-hydrogen) atoms. The van der Waals surface area contributed by atoms with Crippen LogP contribution in [0, 0.1) is 0 Å². The smallest absolute Gasteiger partial charge is 0.229 e. The molecule has 2 aromatic carbocycles. The molecule has 0 spiro atoms. The Labute approximate surface area is 185 Å². The third-order valence-electron chi connectivity index (χ3n) is 6.25. The summed E-state index contributed by atoms with van der Waals surface area (Å²) in [5.41, 5.74) is 4.52. The fourth-order valence-electron chi connectivity index (χ4n) is 4.67. The van der Waals surface area contributed by atoms with Gasteiger partial charge in [-0.3, -0.25) is 4.98 Å². The number of benzene rings is 2. The van der Waals surface area contributed by atoms with Crippen molar-refractivity contribution in [1.29, 1.82) is 0 Å². The van der Waals surface area contributed by atoms with Gasteiger partial charge in [0.05, 0.1) is 23.9 Å². The molecule has 0 unspecified atom stereocenters. The summed E-state index contributed by atoms with van der Waals surface area (Å²) in [7, 11) is 0. The van der Waals surface area contributed by atoms with Crippen molar-refractivity contribution in [2.24, 2.45) is 0 Å². The van der Waals surface area contributed by atoms with Crippen molar-refractivity contribution in [3.8, 4) is 22.4 Å². The zero-order valence-electron chi connectivity index (χ0n) is 17.5. The number of anilines is 1. The van der Waals surface area contributed by atoms with Gasteiger partial charge in [0.1, 0.15) is 6.33 Å². The summed E-state index contributed by atoms with van der Waals surface area (Å²) in [4.78, 5) is 16.1. The van der Waals surface area contributed by atoms with Crippen LogP contribution in [0.3, 0.4) is 0 Å². The minimum atomic E-state index is 0.0340. The molecule has 4 heterocycles. The second-order valence-electron chi connectivity index (χ2n) is 8.10. The standard InChI is InChI=1S/C25H22N6O/c32-15-21-6-3-13-30(21)25-29-23(18-9-11-26-12-10-18)22(24-27-16-28-31(24)25)20-8-7-17-4-1-2-5-19(17)14-20/h1-2,4-5,7-12,14,16,21,32H,3,6,13,15H2/t21-/m1/s1. The van der Waals surface area contributed by atoms with Crippen LogP contribution in [0.1, 0.15) is 12.8 Å². The van der Waals surface area contributed by atoms with E-state index in [1.54, 1.807) is 18.7 Å². The van der Waals surface area contributed by atoms with Gasteiger partial charge in [0, 0.05) is 24.5 Å². The van der Waals surface area contributed by atoms with Crippen molar-refractivity contribution >= 4 is 22.4 Å². The zero-order chi connectivity index (χ0) is 21.5. The Morgan fingerprint density at radius 2 is 1.81 bits per heavy atom. The first-order valence-electron chi connectivity index (χ1n) is 10.8. The largest absolute Gasteiger partial charge is 0.394 e. The normalized spacial score (nSPS) is 16.3. The minimum Gasteiger partial charge on any atom is -0.394 e. The van der Waals surface area contributed by atoms with Gasteiger partial charge in [-0.15, -0.1) is 0 Å². The third kappa shape index (κ3) is 3.01. The molecular weight excluding hydrogens is 400 g/mol. The van der Waals surface area contributed by atoms with E-state index in [1.807, 2.05) is 28.8 Å². The van der Waals surface area contributed by atoms with E-state index in [2.05, 4.69) is 50.3 Å². The zero-order valence-corrected chi connectivity index (χ0v) is 17.5. The molecule has 0 radical (unpaired) electrons. The molecule has 1 atom stereocenters. The number of aliphatic hydroxyl groups excluding tert-OH is 1. The van der Waals surface area contributed by atoms with Gasteiger partial charge in [-0.05, 0) is 47.4 Å². The predicted octanol–water partition coefficient (Wildman–Crippen LogP) is 3.97. The maximum absolute atomic E-state index is 9.92. The molecule has 5 aromatic rings. The van der Waals surface area contributed by atoms with Crippen molar-refractivity contribution in [3.63, 3.8) is 0 Å². The van der Waals surface area contributed by atoms with Crippen molar-refractivity contribution < 1.29 is 5.11 Å². The minimum absolute atomic E-state index is 0.0340. The predicted molar refractivity (Wildman–Crippen MR) is 124 cm³/mol. The van der Waals surface area contributed by atoms with Gasteiger partial charge in [0.2, 0.25) is 5.95 Å². The Bertz CT molecular complexity index is 1410. The lowest BCUT2D eigenvalue weighted by molar-refractivity contribution is 0.265. The van der Waals surface area contributed by atoms with Crippen LogP contribution in [0.15, 0.2) is 73.3 Å². The molecule has 3 aromatic heterocycles. The van der Waals surface area contributed by atoms with Gasteiger partial charge >= 0.3 is 0 Å². The second-order valence-corrected chi connectivity index (χ2v) is 8.10. The van der Waals surface area contributed by atoms with E-state index >= 15 is 0 Å². The first-order valence-corrected chi connectivity index (χ1v) is 10.8. The topological polar surface area (TPSA) is 79.4 Å². The fraction of sp³-hybridized carbons (Fsp3) is 0.200. The van der Waals surface area contributed by atoms with Crippen LogP contribution < -0.4 is 4.90 Å². The number of aliphatic hydroxyl groups is 1. The van der Waals surface area contributed by atoms with E-state index in [9.17, 15) is 5.11 Å². The highest BCUT2D eigenvalue weighted by Crippen LogP contribution is 2.37. The van der Waals surface area contributed by atoms with Crippen molar-refractivity contribution in [3.05, 3.63) is 73.3 Å². The Kier molecular flexibility index (Phi) is 4.54. The number of rotatable bonds is 4. The molecular formula is C25H22N6O. The van der Waals surface area contributed by atoms with Crippen molar-refractivity contribution in [2.75, 3.05) is 18.1 Å². The highest BCUT2D eigenvalue weighted by atomic mass is 16.3. The lowest BCUT2D eigenvalue weighted by Gasteiger charge is -2.25. The molecule has 1 N–H and O–H groups in total. The van der Waals surface area contributed by atoms with Gasteiger partial charge in [-0.25, -0.2) is 9.97 Å². The van der Waals surface area contributed by atoms with E-state index in [0.717, 1.165) is 52.8 Å². The quantitative estimate of drug-likeness (QED) is 0.472. The van der Waals surface area contributed by atoms with Crippen LogP contribution in [-0.2, 0) is 0 Å². The molecule has 6 rings (SSSR count). The number of pyridine rings is 1. The Morgan fingerprint density at radius 3 is 2.66 bits per heavy atom. The monoisotopic (exact) mass is 422 g/mol. The molecule has 1 aliphatic rings. The first-order chi connectivity index (χ1) is 15.8. The van der Waals surface area contributed by atoms with E-state index in [-0.39, 0.29) is 12.6 Å². The molecule has 7 heteroatoms. The number of hydrogen-bond donors (Lipinski definition) is 1. The highest BCUT2D eigenvalue weighted by Gasteiger charge is 2.29. The van der Waals surface area contributed by atoms with Gasteiger partial charge < -0.3 is 10.0 Å². The third-order valence-corrected chi connectivity index (χ3v) is 6.25. The maximum Gasteiger partial charge on any atom is 0.229 e. The fourth-order valence-corrected chi connectivity index (χ4v) is 4.67. The summed E-state index contributed by atoms with van der Waals surface area (Å²) in [5, 5.41) is 16.8. The summed E-state index contributed by atoms with van der Waals surface area (Å²) in [6, 6.07) is 18.7. The van der Waals surface area contributed by atoms with Crippen LogP contribution in [0.25, 0.3) is 38.8 Å². The molecule has 0 saturated carbocycles. The molecule has 1 fully saturated rings. The van der Waals surface area contributed by atoms with Crippen LogP contribution >= 0.6 is 0 Å². The van der Waals surface area contributed by atoms with E-state index in [0.29, 0.717) is 5.95 Å². The SMILES string of the molecule is OC[C@H]1CCCN1c1nc(-c2ccncc2)c(-c2ccc3ccccc3c2)c2ncnn12. The molecule has 1 saturated heterocycles. The van der Waals surface area contributed by atoms with E-state index in [4.69, 9.17) is 4.98 Å². The number of nitrogens with zero attached hydrogens (tertiary/aromatic N) is 6. The number of fused-ring (bicyclic) bond motifs is 2. The van der Waals surface area contributed by atoms with E-state index < -0.39 is 0 Å². The van der Waals surface area contributed by atoms with Gasteiger partial charge in [-0.2, -0.15) is 9.61 Å². The first kappa shape index (κ1) is 18.9. The van der Waals surface area contributed by atoms with E-state index in [1.165, 1.54) is 5.39 Å². The van der Waals surface area contributed by atoms with Crippen molar-refractivity contribution in [1.82, 2.24) is 24.6 Å². The highest BCUT2D eigenvalue weighted by molar-refractivity contribution is 5.95. The summed E-state index contributed by atoms with van der Waals surface area (Å²) < 4.78 is 1.81. The molecule has 0 aliphatic carbocycles.